The van der Waals surface area contributed by atoms with E-state index in [1.54, 1.807) is 35.9 Å². The summed E-state index contributed by atoms with van der Waals surface area (Å²) in [6, 6.07) is 11.9. The van der Waals surface area contributed by atoms with Gasteiger partial charge in [0.25, 0.3) is 0 Å². The van der Waals surface area contributed by atoms with E-state index in [1.807, 2.05) is 0 Å². The number of nitrogens with zero attached hydrogens (tertiary/aromatic N) is 3. The van der Waals surface area contributed by atoms with Crippen LogP contribution in [0, 0.1) is 11.6 Å². The average molecular weight is 360 g/mol. The monoisotopic (exact) mass is 360 g/mol. The number of halogens is 2. The van der Waals surface area contributed by atoms with E-state index in [0.29, 0.717) is 22.2 Å². The van der Waals surface area contributed by atoms with Crippen LogP contribution in [0.2, 0.25) is 0 Å². The van der Waals surface area contributed by atoms with Crippen LogP contribution in [0.4, 0.5) is 14.5 Å². The van der Waals surface area contributed by atoms with Gasteiger partial charge in [0.15, 0.2) is 11.0 Å². The normalized spacial score (nSPS) is 10.7. The third kappa shape index (κ3) is 4.03. The van der Waals surface area contributed by atoms with Crippen LogP contribution in [-0.4, -0.2) is 26.4 Å². The van der Waals surface area contributed by atoms with Crippen molar-refractivity contribution in [2.45, 2.75) is 5.16 Å². The first-order valence-corrected chi connectivity index (χ1v) is 8.35. The first-order chi connectivity index (χ1) is 12.0. The number of hydrogen-bond donors (Lipinski definition) is 1. The molecule has 1 heterocycles. The maximum atomic E-state index is 13.9. The van der Waals surface area contributed by atoms with E-state index < -0.39 is 11.6 Å². The van der Waals surface area contributed by atoms with Crippen molar-refractivity contribution in [1.29, 1.82) is 0 Å². The Morgan fingerprint density at radius 2 is 1.96 bits per heavy atom. The zero-order chi connectivity index (χ0) is 17.8. The number of carbonyl (C=O) groups is 1. The minimum Gasteiger partial charge on any atom is -0.325 e. The standard InChI is InChI=1S/C17H14F2N4OS/c1-23-16(13-7-2-3-8-14(13)19)21-22-17(23)25-10-15(24)20-12-6-4-5-11(18)9-12/h2-9H,10H2,1H3,(H,20,24). The fraction of sp³-hybridized carbons (Fsp3) is 0.118. The van der Waals surface area contributed by atoms with Gasteiger partial charge in [-0.1, -0.05) is 30.0 Å². The lowest BCUT2D eigenvalue weighted by atomic mass is 10.2. The topological polar surface area (TPSA) is 59.8 Å². The van der Waals surface area contributed by atoms with Crippen LogP contribution in [0.3, 0.4) is 0 Å². The molecule has 1 N–H and O–H groups in total. The van der Waals surface area contributed by atoms with Gasteiger partial charge >= 0.3 is 0 Å². The van der Waals surface area contributed by atoms with Gasteiger partial charge in [-0.05, 0) is 30.3 Å². The number of hydrogen-bond acceptors (Lipinski definition) is 4. The summed E-state index contributed by atoms with van der Waals surface area (Å²) in [6.45, 7) is 0. The molecule has 0 aliphatic heterocycles. The summed E-state index contributed by atoms with van der Waals surface area (Å²) < 4.78 is 28.6. The van der Waals surface area contributed by atoms with Gasteiger partial charge in [-0.25, -0.2) is 8.78 Å². The predicted octanol–water partition coefficient (Wildman–Crippen LogP) is 3.49. The fourth-order valence-corrected chi connectivity index (χ4v) is 2.92. The van der Waals surface area contributed by atoms with Gasteiger partial charge in [-0.2, -0.15) is 0 Å². The Hall–Kier alpha value is -2.74. The number of thioether (sulfide) groups is 1. The Bertz CT molecular complexity index is 913. The highest BCUT2D eigenvalue weighted by Gasteiger charge is 2.15. The molecule has 8 heteroatoms. The molecule has 0 unspecified atom stereocenters. The van der Waals surface area contributed by atoms with Gasteiger partial charge in [0.2, 0.25) is 5.91 Å². The van der Waals surface area contributed by atoms with Crippen molar-refractivity contribution in [2.75, 3.05) is 11.1 Å². The summed E-state index contributed by atoms with van der Waals surface area (Å²) in [4.78, 5) is 12.0. The summed E-state index contributed by atoms with van der Waals surface area (Å²) in [6.07, 6.45) is 0. The Morgan fingerprint density at radius 3 is 2.72 bits per heavy atom. The molecule has 1 aromatic heterocycles. The van der Waals surface area contributed by atoms with E-state index in [0.717, 1.165) is 11.8 Å². The van der Waals surface area contributed by atoms with Gasteiger partial charge in [-0.15, -0.1) is 10.2 Å². The summed E-state index contributed by atoms with van der Waals surface area (Å²) in [5.74, 6) is -0.663. The van der Waals surface area contributed by atoms with E-state index in [2.05, 4.69) is 15.5 Å². The molecule has 0 radical (unpaired) electrons. The summed E-state index contributed by atoms with van der Waals surface area (Å²) >= 11 is 1.16. The van der Waals surface area contributed by atoms with Gasteiger partial charge < -0.3 is 9.88 Å². The zero-order valence-electron chi connectivity index (χ0n) is 13.2. The molecule has 0 aliphatic rings. The first-order valence-electron chi connectivity index (χ1n) is 7.37. The van der Waals surface area contributed by atoms with Crippen molar-refractivity contribution in [3.05, 3.63) is 60.2 Å². The lowest BCUT2D eigenvalue weighted by Gasteiger charge is -2.06. The first kappa shape index (κ1) is 17.1. The molecule has 0 saturated heterocycles. The molecule has 5 nitrogen and oxygen atoms in total. The van der Waals surface area contributed by atoms with Crippen molar-refractivity contribution in [1.82, 2.24) is 14.8 Å². The molecule has 3 aromatic rings. The van der Waals surface area contributed by atoms with Gasteiger partial charge in [0.05, 0.1) is 11.3 Å². The highest BCUT2D eigenvalue weighted by Crippen LogP contribution is 2.24. The molecule has 25 heavy (non-hydrogen) atoms. The van der Waals surface area contributed by atoms with Crippen LogP contribution >= 0.6 is 11.8 Å². The molecular formula is C17H14F2N4OS. The summed E-state index contributed by atoms with van der Waals surface area (Å²) in [7, 11) is 1.70. The van der Waals surface area contributed by atoms with Crippen molar-refractivity contribution >= 4 is 23.4 Å². The summed E-state index contributed by atoms with van der Waals surface area (Å²) in [5, 5.41) is 11.1. The van der Waals surface area contributed by atoms with E-state index in [9.17, 15) is 13.6 Å². The van der Waals surface area contributed by atoms with Crippen LogP contribution in [-0.2, 0) is 11.8 Å². The number of carbonyl (C=O) groups excluding carboxylic acids is 1. The molecular weight excluding hydrogens is 346 g/mol. The van der Waals surface area contributed by atoms with Crippen molar-refractivity contribution in [3.63, 3.8) is 0 Å². The van der Waals surface area contributed by atoms with E-state index in [4.69, 9.17) is 0 Å². The second-order valence-electron chi connectivity index (χ2n) is 5.19. The van der Waals surface area contributed by atoms with E-state index in [-0.39, 0.29) is 11.7 Å². The number of anilines is 1. The Kier molecular flexibility index (Phi) is 5.08. The Labute approximate surface area is 147 Å². The molecule has 0 atom stereocenters. The van der Waals surface area contributed by atoms with Crippen LogP contribution < -0.4 is 5.32 Å². The quantitative estimate of drug-likeness (QED) is 0.708. The van der Waals surface area contributed by atoms with E-state index >= 15 is 0 Å². The van der Waals surface area contributed by atoms with Crippen LogP contribution in [0.15, 0.2) is 53.7 Å². The zero-order valence-corrected chi connectivity index (χ0v) is 14.1. The fourth-order valence-electron chi connectivity index (χ4n) is 2.21. The summed E-state index contributed by atoms with van der Waals surface area (Å²) in [5.41, 5.74) is 0.726. The number of nitrogens with one attached hydrogen (secondary N) is 1. The second-order valence-corrected chi connectivity index (χ2v) is 6.13. The lowest BCUT2D eigenvalue weighted by molar-refractivity contribution is -0.113. The highest BCUT2D eigenvalue weighted by atomic mass is 32.2. The molecule has 0 aliphatic carbocycles. The van der Waals surface area contributed by atoms with Gasteiger partial charge in [0.1, 0.15) is 11.6 Å². The molecule has 2 aromatic carbocycles. The third-order valence-corrected chi connectivity index (χ3v) is 4.41. The molecule has 1 amide bonds. The minimum atomic E-state index is -0.423. The molecule has 128 valence electrons. The Morgan fingerprint density at radius 1 is 1.16 bits per heavy atom. The molecule has 0 bridgehead atoms. The number of amides is 1. The van der Waals surface area contributed by atoms with Crippen molar-refractivity contribution in [3.8, 4) is 11.4 Å². The van der Waals surface area contributed by atoms with Gasteiger partial charge in [-0.3, -0.25) is 4.79 Å². The minimum absolute atomic E-state index is 0.0692. The Balaban J connectivity index is 1.66. The molecule has 0 fully saturated rings. The van der Waals surface area contributed by atoms with Crippen molar-refractivity contribution in [2.24, 2.45) is 7.05 Å². The largest absolute Gasteiger partial charge is 0.325 e. The van der Waals surface area contributed by atoms with Crippen LogP contribution in [0.1, 0.15) is 0 Å². The molecule has 0 spiro atoms. The maximum Gasteiger partial charge on any atom is 0.234 e. The molecule has 3 rings (SSSR count). The average Bonchev–Trinajstić information content (AvgIpc) is 2.94. The number of rotatable bonds is 5. The molecule has 0 saturated carbocycles. The lowest BCUT2D eigenvalue weighted by Crippen LogP contribution is -2.14. The maximum absolute atomic E-state index is 13.9. The predicted molar refractivity (Wildman–Crippen MR) is 92.2 cm³/mol. The second kappa shape index (κ2) is 7.43. The SMILES string of the molecule is Cn1c(SCC(=O)Nc2cccc(F)c2)nnc1-c1ccccc1F. The third-order valence-electron chi connectivity index (χ3n) is 3.39. The van der Waals surface area contributed by atoms with Crippen molar-refractivity contribution < 1.29 is 13.6 Å². The van der Waals surface area contributed by atoms with Gasteiger partial charge in [0, 0.05) is 12.7 Å². The number of aromatic nitrogens is 3. The van der Waals surface area contributed by atoms with Crippen LogP contribution in [0.25, 0.3) is 11.4 Å². The van der Waals surface area contributed by atoms with E-state index in [1.165, 1.54) is 24.3 Å². The van der Waals surface area contributed by atoms with Crippen LogP contribution in [0.5, 0.6) is 0 Å². The number of benzene rings is 2. The highest BCUT2D eigenvalue weighted by molar-refractivity contribution is 7.99. The smallest absolute Gasteiger partial charge is 0.234 e.